The lowest BCUT2D eigenvalue weighted by Crippen LogP contribution is -2.42. The molecule has 0 aliphatic heterocycles. The normalized spacial score (nSPS) is 19.4. The van der Waals surface area contributed by atoms with Gasteiger partial charge in [-0.2, -0.15) is 0 Å². The lowest BCUT2D eigenvalue weighted by Gasteiger charge is -2.28. The maximum atomic E-state index is 5.43. The molecule has 0 fully saturated rings. The minimum Gasteiger partial charge on any atom is -0.497 e. The van der Waals surface area contributed by atoms with Crippen molar-refractivity contribution >= 4 is 28.1 Å². The number of hydrogen-bond acceptors (Lipinski definition) is 2. The Morgan fingerprint density at radius 3 is 2.78 bits per heavy atom. The molecular weight excluding hydrogens is 304 g/mol. The highest BCUT2D eigenvalue weighted by Crippen LogP contribution is 2.43. The molecule has 0 spiro atoms. The summed E-state index contributed by atoms with van der Waals surface area (Å²) in [5, 5.41) is 9.87. The molecule has 1 aliphatic carbocycles. The fraction of sp³-hybridized carbons (Fsp3) is 0.421. The first-order valence-electron chi connectivity index (χ1n) is 8.19. The number of nitrogens with one attached hydrogen (secondary N) is 2. The van der Waals surface area contributed by atoms with Crippen LogP contribution in [0.3, 0.4) is 0 Å². The van der Waals surface area contributed by atoms with E-state index in [0.717, 1.165) is 36.8 Å². The number of aryl methyl sites for hydroxylation is 1. The summed E-state index contributed by atoms with van der Waals surface area (Å²) in [5.41, 5.74) is 2.98. The van der Waals surface area contributed by atoms with Gasteiger partial charge in [-0.1, -0.05) is 25.1 Å². The van der Waals surface area contributed by atoms with Crippen LogP contribution in [0.1, 0.15) is 31.4 Å². The zero-order valence-electron chi connectivity index (χ0n) is 14.0. The first-order valence-corrected chi connectivity index (χ1v) is 8.60. The van der Waals surface area contributed by atoms with E-state index in [1.165, 1.54) is 21.9 Å². The van der Waals surface area contributed by atoms with Crippen molar-refractivity contribution in [3.05, 3.63) is 41.5 Å². The molecule has 0 heterocycles. The van der Waals surface area contributed by atoms with E-state index in [9.17, 15) is 0 Å². The molecule has 0 radical (unpaired) electrons. The average Bonchev–Trinajstić information content (AvgIpc) is 2.91. The first-order chi connectivity index (χ1) is 11.1. The van der Waals surface area contributed by atoms with E-state index in [2.05, 4.69) is 48.7 Å². The fourth-order valence-electron chi connectivity index (χ4n) is 3.60. The van der Waals surface area contributed by atoms with Gasteiger partial charge in [0, 0.05) is 18.5 Å². The largest absolute Gasteiger partial charge is 0.497 e. The van der Waals surface area contributed by atoms with Crippen molar-refractivity contribution in [3.8, 4) is 5.75 Å². The highest BCUT2D eigenvalue weighted by molar-refractivity contribution is 7.80. The highest BCUT2D eigenvalue weighted by atomic mass is 32.1. The molecule has 0 bridgehead atoms. The molecule has 122 valence electrons. The van der Waals surface area contributed by atoms with Crippen LogP contribution in [0.25, 0.3) is 10.8 Å². The number of methoxy groups -OCH3 is 1. The van der Waals surface area contributed by atoms with Crippen LogP contribution in [0.15, 0.2) is 30.3 Å². The second kappa shape index (κ2) is 6.36. The number of fused-ring (bicyclic) bond motifs is 3. The van der Waals surface area contributed by atoms with Gasteiger partial charge in [-0.15, -0.1) is 0 Å². The van der Waals surface area contributed by atoms with Crippen molar-refractivity contribution < 1.29 is 4.74 Å². The fourth-order valence-corrected chi connectivity index (χ4v) is 3.82. The molecule has 2 aromatic carbocycles. The second-order valence-electron chi connectivity index (χ2n) is 6.46. The van der Waals surface area contributed by atoms with Gasteiger partial charge in [0.25, 0.3) is 0 Å². The minimum atomic E-state index is 0.0840. The van der Waals surface area contributed by atoms with Crippen LogP contribution in [-0.4, -0.2) is 25.3 Å². The van der Waals surface area contributed by atoms with Crippen molar-refractivity contribution in [2.24, 2.45) is 0 Å². The van der Waals surface area contributed by atoms with Gasteiger partial charge in [0.2, 0.25) is 0 Å². The van der Waals surface area contributed by atoms with Gasteiger partial charge < -0.3 is 15.4 Å². The smallest absolute Gasteiger partial charge is 0.166 e. The summed E-state index contributed by atoms with van der Waals surface area (Å²) in [6.45, 7) is 6.08. The molecule has 0 saturated heterocycles. The van der Waals surface area contributed by atoms with Gasteiger partial charge in [0.15, 0.2) is 5.11 Å². The van der Waals surface area contributed by atoms with E-state index >= 15 is 0 Å². The number of ether oxygens (including phenoxy) is 1. The van der Waals surface area contributed by atoms with Crippen LogP contribution in [0.2, 0.25) is 0 Å². The van der Waals surface area contributed by atoms with Crippen LogP contribution >= 0.6 is 12.2 Å². The molecule has 4 heteroatoms. The standard InChI is InChI=1S/C19H24N2OS/c1-4-20-18(23)21-12-19(2)10-9-14-6-5-13-7-8-15(22-3)11-16(13)17(14)19/h5-8,11H,4,9-10,12H2,1-3H3,(H2,20,21,23). The molecule has 2 aromatic rings. The molecule has 1 unspecified atom stereocenters. The molecule has 1 atom stereocenters. The van der Waals surface area contributed by atoms with E-state index in [4.69, 9.17) is 17.0 Å². The van der Waals surface area contributed by atoms with Crippen molar-refractivity contribution in [3.63, 3.8) is 0 Å². The highest BCUT2D eigenvalue weighted by Gasteiger charge is 2.35. The summed E-state index contributed by atoms with van der Waals surface area (Å²) in [6, 6.07) is 10.8. The predicted octanol–water partition coefficient (Wildman–Crippen LogP) is 3.54. The molecule has 0 aromatic heterocycles. The molecular formula is C19H24N2OS. The molecule has 3 rings (SSSR count). The third-order valence-corrected chi connectivity index (χ3v) is 5.13. The Bertz CT molecular complexity index is 743. The summed E-state index contributed by atoms with van der Waals surface area (Å²) in [4.78, 5) is 0. The van der Waals surface area contributed by atoms with E-state index in [1.807, 2.05) is 6.07 Å². The van der Waals surface area contributed by atoms with Gasteiger partial charge in [-0.25, -0.2) is 0 Å². The van der Waals surface area contributed by atoms with E-state index in [-0.39, 0.29) is 5.41 Å². The Morgan fingerprint density at radius 1 is 1.26 bits per heavy atom. The van der Waals surface area contributed by atoms with Gasteiger partial charge >= 0.3 is 0 Å². The monoisotopic (exact) mass is 328 g/mol. The third kappa shape index (κ3) is 3.00. The Kier molecular flexibility index (Phi) is 4.44. The lowest BCUT2D eigenvalue weighted by atomic mass is 9.81. The first kappa shape index (κ1) is 16.1. The summed E-state index contributed by atoms with van der Waals surface area (Å²) >= 11 is 5.33. The number of thiocarbonyl (C=S) groups is 1. The van der Waals surface area contributed by atoms with Crippen LogP contribution in [0, 0.1) is 0 Å². The van der Waals surface area contributed by atoms with Gasteiger partial charge in [-0.05, 0) is 66.0 Å². The molecule has 23 heavy (non-hydrogen) atoms. The maximum Gasteiger partial charge on any atom is 0.166 e. The lowest BCUT2D eigenvalue weighted by molar-refractivity contribution is 0.415. The zero-order chi connectivity index (χ0) is 16.4. The van der Waals surface area contributed by atoms with Crippen molar-refractivity contribution in [2.45, 2.75) is 32.1 Å². The predicted molar refractivity (Wildman–Crippen MR) is 100 cm³/mol. The molecule has 0 amide bonds. The van der Waals surface area contributed by atoms with Crippen LogP contribution < -0.4 is 15.4 Å². The number of hydrogen-bond donors (Lipinski definition) is 2. The number of rotatable bonds is 4. The van der Waals surface area contributed by atoms with E-state index in [0.29, 0.717) is 0 Å². The second-order valence-corrected chi connectivity index (χ2v) is 6.87. The Labute approximate surface area is 143 Å². The Balaban J connectivity index is 1.99. The molecule has 3 nitrogen and oxygen atoms in total. The Morgan fingerprint density at radius 2 is 2.04 bits per heavy atom. The quantitative estimate of drug-likeness (QED) is 0.841. The molecule has 0 saturated carbocycles. The van der Waals surface area contributed by atoms with Crippen LogP contribution in [0.5, 0.6) is 5.75 Å². The number of benzene rings is 2. The summed E-state index contributed by atoms with van der Waals surface area (Å²) in [6.07, 6.45) is 2.26. The molecule has 1 aliphatic rings. The van der Waals surface area contributed by atoms with Crippen molar-refractivity contribution in [1.29, 1.82) is 0 Å². The minimum absolute atomic E-state index is 0.0840. The third-order valence-electron chi connectivity index (χ3n) is 4.84. The summed E-state index contributed by atoms with van der Waals surface area (Å²) < 4.78 is 5.43. The van der Waals surface area contributed by atoms with E-state index in [1.54, 1.807) is 7.11 Å². The van der Waals surface area contributed by atoms with E-state index < -0.39 is 0 Å². The average molecular weight is 328 g/mol. The van der Waals surface area contributed by atoms with Gasteiger partial charge in [-0.3, -0.25) is 0 Å². The van der Waals surface area contributed by atoms with Crippen LogP contribution in [0.4, 0.5) is 0 Å². The SMILES string of the molecule is CCNC(=S)NCC1(C)CCc2ccc3ccc(OC)cc3c21. The maximum absolute atomic E-state index is 5.43. The summed E-state index contributed by atoms with van der Waals surface area (Å²) in [7, 11) is 1.72. The van der Waals surface area contributed by atoms with Crippen LogP contribution in [-0.2, 0) is 11.8 Å². The van der Waals surface area contributed by atoms with Crippen molar-refractivity contribution in [2.75, 3.05) is 20.2 Å². The summed E-state index contributed by atoms with van der Waals surface area (Å²) in [5.74, 6) is 0.913. The zero-order valence-corrected chi connectivity index (χ0v) is 14.8. The molecule has 2 N–H and O–H groups in total. The topological polar surface area (TPSA) is 33.3 Å². The van der Waals surface area contributed by atoms with Gasteiger partial charge in [0.05, 0.1) is 7.11 Å². The van der Waals surface area contributed by atoms with Gasteiger partial charge in [0.1, 0.15) is 5.75 Å². The van der Waals surface area contributed by atoms with Crippen molar-refractivity contribution in [1.82, 2.24) is 10.6 Å². The Hall–Kier alpha value is -1.81.